The van der Waals surface area contributed by atoms with Crippen LogP contribution in [0, 0.1) is 0 Å². The first-order chi connectivity index (χ1) is 7.72. The Hall–Kier alpha value is 0.0569. The molecule has 0 radical (unpaired) electrons. The van der Waals surface area contributed by atoms with E-state index in [2.05, 4.69) is 33.9 Å². The Bertz CT molecular complexity index is 287. The van der Waals surface area contributed by atoms with E-state index in [-0.39, 0.29) is 23.4 Å². The summed E-state index contributed by atoms with van der Waals surface area (Å²) in [6.07, 6.45) is -0.782. The van der Waals surface area contributed by atoms with Crippen LogP contribution in [0.4, 0.5) is 0 Å². The van der Waals surface area contributed by atoms with Crippen molar-refractivity contribution in [2.45, 2.75) is 63.3 Å². The van der Waals surface area contributed by atoms with Gasteiger partial charge in [0.1, 0.15) is 18.3 Å². The van der Waals surface area contributed by atoms with E-state index in [9.17, 15) is 5.11 Å². The normalized spacial score (nSPS) is 38.5. The molecule has 2 rings (SSSR count). The Morgan fingerprint density at radius 3 is 2.29 bits per heavy atom. The second-order valence-corrected chi connectivity index (χ2v) is 11.3. The molecule has 1 unspecified atom stereocenters. The molecule has 4 atom stereocenters. The van der Waals surface area contributed by atoms with Gasteiger partial charge < -0.3 is 19.0 Å². The standard InChI is InChI=1S/C12H24O4Si/c1-12(2,3)17(4,5)16-9-7-15-10-8(13)6-14-11(9)10/h8-11,13H,6-7H2,1-5H3/t8-,9?,10-,11-/m0/s1. The lowest BCUT2D eigenvalue weighted by molar-refractivity contribution is 0.00562. The molecule has 2 aliphatic rings. The van der Waals surface area contributed by atoms with Gasteiger partial charge in [0.25, 0.3) is 0 Å². The fraction of sp³-hybridized carbons (Fsp3) is 1.00. The van der Waals surface area contributed by atoms with Gasteiger partial charge in [-0.25, -0.2) is 0 Å². The zero-order chi connectivity index (χ0) is 12.8. The quantitative estimate of drug-likeness (QED) is 0.765. The number of ether oxygens (including phenoxy) is 2. The molecule has 0 aromatic carbocycles. The van der Waals surface area contributed by atoms with Gasteiger partial charge in [0.2, 0.25) is 0 Å². The van der Waals surface area contributed by atoms with Gasteiger partial charge in [-0.05, 0) is 18.1 Å². The lowest BCUT2D eigenvalue weighted by Crippen LogP contribution is -2.47. The lowest BCUT2D eigenvalue weighted by Gasteiger charge is -2.39. The van der Waals surface area contributed by atoms with Gasteiger partial charge in [-0.1, -0.05) is 20.8 Å². The molecule has 2 fully saturated rings. The smallest absolute Gasteiger partial charge is 0.192 e. The summed E-state index contributed by atoms with van der Waals surface area (Å²) in [5.41, 5.74) is 0. The second kappa shape index (κ2) is 4.31. The molecule has 4 nitrogen and oxygen atoms in total. The molecule has 2 saturated heterocycles. The summed E-state index contributed by atoms with van der Waals surface area (Å²) in [5.74, 6) is 0. The van der Waals surface area contributed by atoms with Crippen molar-refractivity contribution in [3.63, 3.8) is 0 Å². The molecule has 0 spiro atoms. The van der Waals surface area contributed by atoms with Crippen LogP contribution in [0.25, 0.3) is 0 Å². The van der Waals surface area contributed by atoms with Crippen molar-refractivity contribution in [1.82, 2.24) is 0 Å². The molecule has 0 amide bonds. The van der Waals surface area contributed by atoms with E-state index in [1.54, 1.807) is 0 Å². The number of aliphatic hydroxyl groups excluding tert-OH is 1. The molecule has 0 aromatic rings. The summed E-state index contributed by atoms with van der Waals surface area (Å²) in [7, 11) is -1.79. The van der Waals surface area contributed by atoms with Crippen molar-refractivity contribution in [1.29, 1.82) is 0 Å². The van der Waals surface area contributed by atoms with Crippen LogP contribution in [0.1, 0.15) is 20.8 Å². The third kappa shape index (κ3) is 2.44. The Balaban J connectivity index is 2.02. The Labute approximate surface area is 104 Å². The summed E-state index contributed by atoms with van der Waals surface area (Å²) < 4.78 is 17.5. The van der Waals surface area contributed by atoms with Crippen LogP contribution in [0.5, 0.6) is 0 Å². The van der Waals surface area contributed by atoms with Crippen molar-refractivity contribution in [2.75, 3.05) is 13.2 Å². The fourth-order valence-corrected chi connectivity index (χ4v) is 3.41. The summed E-state index contributed by atoms with van der Waals surface area (Å²) >= 11 is 0. The third-order valence-electron chi connectivity index (χ3n) is 4.23. The van der Waals surface area contributed by atoms with E-state index in [1.165, 1.54) is 0 Å². The Morgan fingerprint density at radius 1 is 1.12 bits per heavy atom. The Morgan fingerprint density at radius 2 is 1.71 bits per heavy atom. The van der Waals surface area contributed by atoms with Crippen LogP contribution in [0.15, 0.2) is 0 Å². The molecule has 0 bridgehead atoms. The highest BCUT2D eigenvalue weighted by molar-refractivity contribution is 6.74. The first-order valence-corrected chi connectivity index (χ1v) is 9.22. The summed E-state index contributed by atoms with van der Waals surface area (Å²) in [4.78, 5) is 0. The number of rotatable bonds is 2. The van der Waals surface area contributed by atoms with E-state index in [0.717, 1.165) is 0 Å². The molecular weight excluding hydrogens is 236 g/mol. The van der Waals surface area contributed by atoms with Gasteiger partial charge in [0, 0.05) is 0 Å². The molecule has 100 valence electrons. The van der Waals surface area contributed by atoms with Crippen LogP contribution in [-0.4, -0.2) is 51.1 Å². The number of hydrogen-bond acceptors (Lipinski definition) is 4. The maximum absolute atomic E-state index is 9.68. The zero-order valence-electron chi connectivity index (χ0n) is 11.4. The van der Waals surface area contributed by atoms with E-state index in [0.29, 0.717) is 13.2 Å². The summed E-state index contributed by atoms with van der Waals surface area (Å²) in [6, 6.07) is 0. The van der Waals surface area contributed by atoms with Crippen molar-refractivity contribution in [2.24, 2.45) is 0 Å². The largest absolute Gasteiger partial charge is 0.409 e. The highest BCUT2D eigenvalue weighted by Crippen LogP contribution is 2.40. The third-order valence-corrected chi connectivity index (χ3v) is 8.74. The topological polar surface area (TPSA) is 47.9 Å². The van der Waals surface area contributed by atoms with Gasteiger partial charge >= 0.3 is 0 Å². The van der Waals surface area contributed by atoms with Crippen molar-refractivity contribution < 1.29 is 19.0 Å². The van der Waals surface area contributed by atoms with Gasteiger partial charge in [-0.2, -0.15) is 0 Å². The number of aliphatic hydroxyl groups is 1. The first-order valence-electron chi connectivity index (χ1n) is 6.31. The van der Waals surface area contributed by atoms with Crippen molar-refractivity contribution in [3.05, 3.63) is 0 Å². The minimum Gasteiger partial charge on any atom is -0.409 e. The molecule has 2 aliphatic heterocycles. The van der Waals surface area contributed by atoms with Gasteiger partial charge in [0.05, 0.1) is 19.3 Å². The maximum Gasteiger partial charge on any atom is 0.192 e. The van der Waals surface area contributed by atoms with Crippen LogP contribution in [0.2, 0.25) is 18.1 Å². The van der Waals surface area contributed by atoms with E-state index in [4.69, 9.17) is 13.9 Å². The van der Waals surface area contributed by atoms with Crippen LogP contribution in [0.3, 0.4) is 0 Å². The van der Waals surface area contributed by atoms with E-state index < -0.39 is 14.4 Å². The zero-order valence-corrected chi connectivity index (χ0v) is 12.4. The molecule has 1 N–H and O–H groups in total. The molecular formula is C12H24O4Si. The molecule has 0 aliphatic carbocycles. The predicted octanol–water partition coefficient (Wildman–Crippen LogP) is 1.54. The second-order valence-electron chi connectivity index (χ2n) is 6.58. The van der Waals surface area contributed by atoms with Gasteiger partial charge in [-0.15, -0.1) is 0 Å². The maximum atomic E-state index is 9.68. The molecule has 5 heteroatoms. The van der Waals surface area contributed by atoms with Crippen LogP contribution in [-0.2, 0) is 13.9 Å². The van der Waals surface area contributed by atoms with E-state index >= 15 is 0 Å². The fourth-order valence-electron chi connectivity index (χ4n) is 2.10. The first kappa shape index (κ1) is 13.5. The average molecular weight is 260 g/mol. The van der Waals surface area contributed by atoms with Crippen molar-refractivity contribution in [3.8, 4) is 0 Å². The number of hydrogen-bond donors (Lipinski definition) is 1. The van der Waals surface area contributed by atoms with E-state index in [1.807, 2.05) is 0 Å². The van der Waals surface area contributed by atoms with Crippen LogP contribution >= 0.6 is 0 Å². The summed E-state index contributed by atoms with van der Waals surface area (Å²) in [6.45, 7) is 12.0. The minimum atomic E-state index is -1.79. The van der Waals surface area contributed by atoms with Gasteiger partial charge in [0.15, 0.2) is 8.32 Å². The summed E-state index contributed by atoms with van der Waals surface area (Å²) in [5, 5.41) is 9.86. The minimum absolute atomic E-state index is 0.0157. The highest BCUT2D eigenvalue weighted by Gasteiger charge is 2.50. The molecule has 0 saturated carbocycles. The van der Waals surface area contributed by atoms with Gasteiger partial charge in [-0.3, -0.25) is 0 Å². The molecule has 17 heavy (non-hydrogen) atoms. The lowest BCUT2D eigenvalue weighted by atomic mass is 10.1. The SMILES string of the molecule is CC(C)(C)[Si](C)(C)OC1CO[C@H]2[C@@H](O)CO[C@@H]12. The monoisotopic (exact) mass is 260 g/mol. The predicted molar refractivity (Wildman–Crippen MR) is 67.6 cm³/mol. The molecule has 0 aromatic heterocycles. The number of fused-ring (bicyclic) bond motifs is 1. The Kier molecular flexibility index (Phi) is 3.42. The average Bonchev–Trinajstić information content (AvgIpc) is 2.70. The highest BCUT2D eigenvalue weighted by atomic mass is 28.4. The van der Waals surface area contributed by atoms with Crippen molar-refractivity contribution >= 4 is 8.32 Å². The molecule has 2 heterocycles. The van der Waals surface area contributed by atoms with Crippen LogP contribution < -0.4 is 0 Å².